The molecule has 1 unspecified atom stereocenters. The van der Waals surface area contributed by atoms with Crippen LogP contribution in [0.25, 0.3) is 0 Å². The van der Waals surface area contributed by atoms with E-state index in [1.165, 1.54) is 0 Å². The summed E-state index contributed by atoms with van der Waals surface area (Å²) >= 11 is -2.32. The Hall–Kier alpha value is -2.25. The minimum Gasteiger partial charge on any atom is -0.755 e. The van der Waals surface area contributed by atoms with Gasteiger partial charge < -0.3 is 15.0 Å². The van der Waals surface area contributed by atoms with E-state index >= 15 is 0 Å². The fraction of sp³-hybridized carbons (Fsp3) is 0. The van der Waals surface area contributed by atoms with Gasteiger partial charge in [-0.2, -0.15) is 10.2 Å². The molecule has 0 saturated heterocycles. The normalized spacial score (nSPS) is 12.5. The second-order valence-electron chi connectivity index (χ2n) is 3.68. The average Bonchev–Trinajstić information content (AvgIpc) is 2.39. The van der Waals surface area contributed by atoms with E-state index < -0.39 is 11.3 Å². The maximum atomic E-state index is 10.4. The lowest BCUT2D eigenvalue weighted by atomic mass is 10.3. The second kappa shape index (κ2) is 6.07. The van der Waals surface area contributed by atoms with Crippen molar-refractivity contribution in [1.29, 1.82) is 0 Å². The van der Waals surface area contributed by atoms with Gasteiger partial charge in [0.2, 0.25) is 0 Å². The lowest BCUT2D eigenvalue weighted by Crippen LogP contribution is -2.01. The van der Waals surface area contributed by atoms with Crippen molar-refractivity contribution in [2.75, 3.05) is 10.5 Å². The van der Waals surface area contributed by atoms with Gasteiger partial charge in [-0.25, -0.2) is 0 Å². The van der Waals surface area contributed by atoms with Crippen molar-refractivity contribution in [2.45, 2.75) is 0 Å². The zero-order chi connectivity index (χ0) is 13.7. The Morgan fingerprint density at radius 2 is 1.42 bits per heavy atom. The molecule has 2 aromatic carbocycles. The first kappa shape index (κ1) is 13.2. The average molecular weight is 275 g/mol. The molecule has 0 aliphatic heterocycles. The van der Waals surface area contributed by atoms with Crippen LogP contribution in [0.15, 0.2) is 58.8 Å². The second-order valence-corrected chi connectivity index (χ2v) is 4.35. The highest BCUT2D eigenvalue weighted by atomic mass is 32.2. The van der Waals surface area contributed by atoms with Gasteiger partial charge in [-0.15, -0.1) is 0 Å². The van der Waals surface area contributed by atoms with Crippen molar-refractivity contribution in [2.24, 2.45) is 10.2 Å². The molecule has 0 spiro atoms. The summed E-state index contributed by atoms with van der Waals surface area (Å²) in [6, 6.07) is 13.5. The van der Waals surface area contributed by atoms with Crippen LogP contribution in [0.5, 0.6) is 0 Å². The van der Waals surface area contributed by atoms with Crippen molar-refractivity contribution in [3.05, 3.63) is 48.5 Å². The molecule has 6 nitrogen and oxygen atoms in total. The van der Waals surface area contributed by atoms with Crippen molar-refractivity contribution in [3.8, 4) is 0 Å². The van der Waals surface area contributed by atoms with Crippen LogP contribution in [-0.2, 0) is 11.3 Å². The van der Waals surface area contributed by atoms with E-state index in [1.54, 1.807) is 48.5 Å². The van der Waals surface area contributed by atoms with Crippen molar-refractivity contribution in [1.82, 2.24) is 0 Å². The molecule has 0 radical (unpaired) electrons. The molecule has 19 heavy (non-hydrogen) atoms. The lowest BCUT2D eigenvalue weighted by Gasteiger charge is -2.07. The van der Waals surface area contributed by atoms with Gasteiger partial charge in [0, 0.05) is 22.6 Å². The molecule has 0 aliphatic carbocycles. The number of hydrogen-bond acceptors (Lipinski definition) is 5. The molecule has 0 aliphatic rings. The van der Waals surface area contributed by atoms with E-state index in [2.05, 4.69) is 15.0 Å². The Balaban J connectivity index is 2.06. The number of benzene rings is 2. The van der Waals surface area contributed by atoms with Gasteiger partial charge in [-0.1, -0.05) is 0 Å². The van der Waals surface area contributed by atoms with Crippen molar-refractivity contribution < 1.29 is 8.76 Å². The minimum absolute atomic E-state index is 0.472. The van der Waals surface area contributed by atoms with E-state index in [0.29, 0.717) is 22.7 Å². The topological polar surface area (TPSA) is 103 Å². The van der Waals surface area contributed by atoms with Crippen LogP contribution >= 0.6 is 0 Å². The van der Waals surface area contributed by atoms with Gasteiger partial charge in [0.05, 0.1) is 11.4 Å². The predicted octanol–water partition coefficient (Wildman–Crippen LogP) is 2.89. The summed E-state index contributed by atoms with van der Waals surface area (Å²) in [5, 5.41) is 8.06. The quantitative estimate of drug-likeness (QED) is 0.509. The van der Waals surface area contributed by atoms with Gasteiger partial charge in [0.1, 0.15) is 0 Å². The van der Waals surface area contributed by atoms with Gasteiger partial charge in [-0.3, -0.25) is 4.21 Å². The standard InChI is InChI=1S/C12H12N4O2S/c13-9-1-3-10(4-2-9)14-15-11-5-7-12(8-6-11)16-19(17)18/h1-8,16H,13H2,(H,17,18)/p-1. The number of rotatable bonds is 4. The molecular formula is C12H11N4O2S-. The molecule has 3 N–H and O–H groups in total. The first-order chi connectivity index (χ1) is 9.13. The zero-order valence-corrected chi connectivity index (χ0v) is 10.6. The van der Waals surface area contributed by atoms with E-state index in [1.807, 2.05) is 0 Å². The van der Waals surface area contributed by atoms with Crippen LogP contribution in [-0.4, -0.2) is 8.76 Å². The molecule has 0 saturated carbocycles. The maximum Gasteiger partial charge on any atom is 0.0858 e. The number of nitrogens with one attached hydrogen (secondary N) is 1. The summed E-state index contributed by atoms with van der Waals surface area (Å²) in [4.78, 5) is 0. The summed E-state index contributed by atoms with van der Waals surface area (Å²) in [6.07, 6.45) is 0. The Kier molecular flexibility index (Phi) is 4.22. The third-order valence-electron chi connectivity index (χ3n) is 2.24. The fourth-order valence-electron chi connectivity index (χ4n) is 1.35. The molecular weight excluding hydrogens is 264 g/mol. The first-order valence-corrected chi connectivity index (χ1v) is 6.44. The summed E-state index contributed by atoms with van der Waals surface area (Å²) in [6.45, 7) is 0. The zero-order valence-electron chi connectivity index (χ0n) is 9.82. The summed E-state index contributed by atoms with van der Waals surface area (Å²) in [7, 11) is 0. The molecule has 98 valence electrons. The number of hydrogen-bond donors (Lipinski definition) is 2. The largest absolute Gasteiger partial charge is 0.755 e. The smallest absolute Gasteiger partial charge is 0.0858 e. The summed E-state index contributed by atoms with van der Waals surface area (Å²) in [5.41, 5.74) is 8.02. The number of azo groups is 1. The highest BCUT2D eigenvalue weighted by Gasteiger charge is 1.93. The monoisotopic (exact) mass is 275 g/mol. The van der Waals surface area contributed by atoms with Gasteiger partial charge in [0.15, 0.2) is 0 Å². The maximum absolute atomic E-state index is 10.4. The van der Waals surface area contributed by atoms with Crippen LogP contribution in [0.3, 0.4) is 0 Å². The summed E-state index contributed by atoms with van der Waals surface area (Å²) < 4.78 is 23.1. The van der Waals surface area contributed by atoms with Crippen LogP contribution in [0.4, 0.5) is 22.7 Å². The molecule has 0 amide bonds. The Labute approximate surface area is 112 Å². The molecule has 2 aromatic rings. The molecule has 0 aromatic heterocycles. The van der Waals surface area contributed by atoms with Crippen LogP contribution in [0.2, 0.25) is 0 Å². The Bertz CT molecular complexity index is 596. The third-order valence-corrected chi connectivity index (χ3v) is 2.64. The lowest BCUT2D eigenvalue weighted by molar-refractivity contribution is 0.542. The van der Waals surface area contributed by atoms with E-state index in [-0.39, 0.29) is 0 Å². The SMILES string of the molecule is Nc1ccc(N=Nc2ccc(NS(=O)[O-])cc2)cc1. The Morgan fingerprint density at radius 3 is 1.89 bits per heavy atom. The first-order valence-electron chi connectivity index (χ1n) is 5.37. The molecule has 0 bridgehead atoms. The van der Waals surface area contributed by atoms with Gasteiger partial charge in [-0.05, 0) is 48.5 Å². The Morgan fingerprint density at radius 1 is 0.947 bits per heavy atom. The van der Waals surface area contributed by atoms with E-state index in [0.717, 1.165) is 0 Å². The third kappa shape index (κ3) is 4.16. The van der Waals surface area contributed by atoms with Crippen LogP contribution < -0.4 is 10.5 Å². The minimum atomic E-state index is -2.32. The number of nitrogens with two attached hydrogens (primary N) is 1. The van der Waals surface area contributed by atoms with Crippen LogP contribution in [0, 0.1) is 0 Å². The van der Waals surface area contributed by atoms with Crippen molar-refractivity contribution in [3.63, 3.8) is 0 Å². The fourth-order valence-corrected chi connectivity index (χ4v) is 1.68. The summed E-state index contributed by atoms with van der Waals surface area (Å²) in [5.74, 6) is 0. The molecule has 2 rings (SSSR count). The van der Waals surface area contributed by atoms with E-state index in [4.69, 9.17) is 5.73 Å². The van der Waals surface area contributed by atoms with Crippen molar-refractivity contribution >= 4 is 34.0 Å². The molecule has 7 heteroatoms. The van der Waals surface area contributed by atoms with E-state index in [9.17, 15) is 8.76 Å². The number of anilines is 2. The molecule has 0 fully saturated rings. The highest BCUT2D eigenvalue weighted by molar-refractivity contribution is 7.80. The number of nitrogens with zero attached hydrogens (tertiary/aromatic N) is 2. The predicted molar refractivity (Wildman–Crippen MR) is 74.0 cm³/mol. The molecule has 1 atom stereocenters. The van der Waals surface area contributed by atoms with Gasteiger partial charge >= 0.3 is 0 Å². The highest BCUT2D eigenvalue weighted by Crippen LogP contribution is 2.20. The number of nitrogen functional groups attached to an aromatic ring is 1. The van der Waals surface area contributed by atoms with Gasteiger partial charge in [0.25, 0.3) is 0 Å². The molecule has 0 heterocycles. The van der Waals surface area contributed by atoms with Crippen LogP contribution in [0.1, 0.15) is 0 Å².